The molecule has 1 N–H and O–H groups in total. The molecule has 1 saturated heterocycles. The zero-order chi connectivity index (χ0) is 19.8. The smallest absolute Gasteiger partial charge is 0.265 e. The van der Waals surface area contributed by atoms with E-state index in [0.29, 0.717) is 23.4 Å². The van der Waals surface area contributed by atoms with Crippen molar-refractivity contribution in [3.63, 3.8) is 0 Å². The normalized spacial score (nSPS) is 18.6. The molecule has 1 fully saturated rings. The van der Waals surface area contributed by atoms with Gasteiger partial charge in [-0.15, -0.1) is 0 Å². The van der Waals surface area contributed by atoms with Crippen molar-refractivity contribution < 1.29 is 19.1 Å². The van der Waals surface area contributed by atoms with Crippen molar-refractivity contribution in [2.24, 2.45) is 0 Å². The van der Waals surface area contributed by atoms with Gasteiger partial charge in [0.15, 0.2) is 6.10 Å². The number of rotatable bonds is 3. The first-order valence-corrected chi connectivity index (χ1v) is 9.46. The van der Waals surface area contributed by atoms with Gasteiger partial charge >= 0.3 is 0 Å². The maximum Gasteiger partial charge on any atom is 0.265 e. The number of nitrogens with one attached hydrogen (secondary N) is 1. The van der Waals surface area contributed by atoms with Gasteiger partial charge < -0.3 is 10.1 Å². The Kier molecular flexibility index (Phi) is 4.63. The molecule has 2 aliphatic rings. The highest BCUT2D eigenvalue weighted by Gasteiger charge is 2.32. The summed E-state index contributed by atoms with van der Waals surface area (Å²) in [6.07, 6.45) is 1.26. The molecule has 2 aromatic carbocycles. The molecule has 2 aliphatic heterocycles. The number of amides is 3. The van der Waals surface area contributed by atoms with Crippen molar-refractivity contribution >= 4 is 29.1 Å². The number of ether oxygens (including phenoxy) is 1. The molecule has 0 spiro atoms. The first kappa shape index (κ1) is 18.2. The van der Waals surface area contributed by atoms with Crippen LogP contribution in [0.3, 0.4) is 0 Å². The summed E-state index contributed by atoms with van der Waals surface area (Å²) in [7, 11) is 0. The summed E-state index contributed by atoms with van der Waals surface area (Å²) < 4.78 is 5.89. The van der Waals surface area contributed by atoms with E-state index >= 15 is 0 Å². The molecule has 0 aromatic heterocycles. The Bertz CT molecular complexity index is 966. The molecule has 2 heterocycles. The molecule has 0 bridgehead atoms. The minimum atomic E-state index is -0.576. The summed E-state index contributed by atoms with van der Waals surface area (Å²) in [5.74, 6) is 0.0967. The monoisotopic (exact) mass is 378 g/mol. The molecule has 3 amide bonds. The van der Waals surface area contributed by atoms with Crippen molar-refractivity contribution in [2.75, 3.05) is 10.2 Å². The molecule has 2 aromatic rings. The van der Waals surface area contributed by atoms with Crippen molar-refractivity contribution in [2.45, 2.75) is 45.6 Å². The second kappa shape index (κ2) is 7.11. The van der Waals surface area contributed by atoms with Gasteiger partial charge in [-0.2, -0.15) is 0 Å². The molecular weight excluding hydrogens is 356 g/mol. The van der Waals surface area contributed by atoms with E-state index in [1.165, 1.54) is 10.5 Å². The van der Waals surface area contributed by atoms with E-state index in [1.54, 1.807) is 25.1 Å². The summed E-state index contributed by atoms with van der Waals surface area (Å²) in [5, 5.41) is 2.90. The largest absolute Gasteiger partial charge is 0.480 e. The maximum absolute atomic E-state index is 12.8. The lowest BCUT2D eigenvalue weighted by molar-refractivity contribution is -0.123. The van der Waals surface area contributed by atoms with E-state index in [2.05, 4.69) is 11.4 Å². The number of benzene rings is 2. The zero-order valence-corrected chi connectivity index (χ0v) is 16.0. The number of fused-ring (bicyclic) bond motifs is 1. The first-order chi connectivity index (χ1) is 13.4. The van der Waals surface area contributed by atoms with E-state index in [0.717, 1.165) is 17.7 Å². The molecule has 0 unspecified atom stereocenters. The van der Waals surface area contributed by atoms with E-state index in [9.17, 15) is 14.4 Å². The van der Waals surface area contributed by atoms with E-state index in [1.807, 2.05) is 19.1 Å². The SMILES string of the molecule is Cc1ccc2c(c1)CC[C@@H](C(=O)Nc1cccc(N3C(=O)CCC3=O)c1C)O2. The molecule has 28 heavy (non-hydrogen) atoms. The number of carbonyl (C=O) groups excluding carboxylic acids is 3. The number of hydrogen-bond acceptors (Lipinski definition) is 4. The van der Waals surface area contributed by atoms with Gasteiger partial charge in [0.25, 0.3) is 5.91 Å². The second-order valence-corrected chi connectivity index (χ2v) is 7.32. The molecule has 0 radical (unpaired) electrons. The van der Waals surface area contributed by atoms with E-state index in [4.69, 9.17) is 4.74 Å². The zero-order valence-electron chi connectivity index (χ0n) is 16.0. The maximum atomic E-state index is 12.8. The van der Waals surface area contributed by atoms with Crippen LogP contribution in [0.5, 0.6) is 5.75 Å². The first-order valence-electron chi connectivity index (χ1n) is 9.46. The van der Waals surface area contributed by atoms with Crippen LogP contribution in [0.1, 0.15) is 36.0 Å². The molecule has 6 heteroatoms. The number of nitrogens with zero attached hydrogens (tertiary/aromatic N) is 1. The fourth-order valence-electron chi connectivity index (χ4n) is 3.76. The average Bonchev–Trinajstić information content (AvgIpc) is 3.01. The fraction of sp³-hybridized carbons (Fsp3) is 0.318. The number of hydrogen-bond donors (Lipinski definition) is 1. The number of carbonyl (C=O) groups is 3. The number of imide groups is 1. The number of aryl methyl sites for hydroxylation is 2. The van der Waals surface area contributed by atoms with Gasteiger partial charge in [-0.1, -0.05) is 23.8 Å². The minimum Gasteiger partial charge on any atom is -0.480 e. The Morgan fingerprint density at radius 1 is 1.07 bits per heavy atom. The topological polar surface area (TPSA) is 75.7 Å². The molecular formula is C22H22N2O4. The fourth-order valence-corrected chi connectivity index (χ4v) is 3.76. The van der Waals surface area contributed by atoms with Crippen LogP contribution in [-0.4, -0.2) is 23.8 Å². The van der Waals surface area contributed by atoms with Gasteiger partial charge in [0.1, 0.15) is 5.75 Å². The standard InChI is InChI=1S/C22H22N2O4/c1-13-6-8-18-15(12-13)7-9-19(28-18)22(27)23-16-4-3-5-17(14(16)2)24-20(25)10-11-21(24)26/h3-6,8,12,19H,7,9-11H2,1-2H3,(H,23,27)/t19-/m0/s1. The van der Waals surface area contributed by atoms with Gasteiger partial charge in [0, 0.05) is 18.5 Å². The highest BCUT2D eigenvalue weighted by atomic mass is 16.5. The minimum absolute atomic E-state index is 0.209. The molecule has 1 atom stereocenters. The second-order valence-electron chi connectivity index (χ2n) is 7.32. The lowest BCUT2D eigenvalue weighted by atomic mass is 10.00. The quantitative estimate of drug-likeness (QED) is 0.832. The van der Waals surface area contributed by atoms with E-state index < -0.39 is 6.10 Å². The lowest BCUT2D eigenvalue weighted by Gasteiger charge is -2.26. The van der Waals surface area contributed by atoms with Crippen LogP contribution in [0, 0.1) is 13.8 Å². The van der Waals surface area contributed by atoms with Crippen LogP contribution in [0.4, 0.5) is 11.4 Å². The molecule has 0 aliphatic carbocycles. The molecule has 4 rings (SSSR count). The highest BCUT2D eigenvalue weighted by Crippen LogP contribution is 2.32. The summed E-state index contributed by atoms with van der Waals surface area (Å²) in [6.45, 7) is 3.83. The Balaban J connectivity index is 1.52. The number of anilines is 2. The lowest BCUT2D eigenvalue weighted by Crippen LogP contribution is -2.36. The van der Waals surface area contributed by atoms with Crippen LogP contribution in [0.2, 0.25) is 0 Å². The van der Waals surface area contributed by atoms with Gasteiger partial charge in [0.2, 0.25) is 11.8 Å². The average molecular weight is 378 g/mol. The molecule has 0 saturated carbocycles. The van der Waals surface area contributed by atoms with Gasteiger partial charge in [0.05, 0.1) is 5.69 Å². The van der Waals surface area contributed by atoms with Crippen LogP contribution >= 0.6 is 0 Å². The van der Waals surface area contributed by atoms with Crippen LogP contribution in [0.25, 0.3) is 0 Å². The van der Waals surface area contributed by atoms with Gasteiger partial charge in [-0.05, 0) is 56.0 Å². The summed E-state index contributed by atoms with van der Waals surface area (Å²) in [4.78, 5) is 38.1. The summed E-state index contributed by atoms with van der Waals surface area (Å²) in [5.41, 5.74) is 4.08. The van der Waals surface area contributed by atoms with Gasteiger partial charge in [-0.25, -0.2) is 0 Å². The third-order valence-corrected chi connectivity index (χ3v) is 5.31. The third kappa shape index (κ3) is 3.26. The Hall–Kier alpha value is -3.15. The predicted octanol–water partition coefficient (Wildman–Crippen LogP) is 3.29. The highest BCUT2D eigenvalue weighted by molar-refractivity contribution is 6.20. The van der Waals surface area contributed by atoms with Gasteiger partial charge in [-0.3, -0.25) is 19.3 Å². The van der Waals surface area contributed by atoms with Crippen molar-refractivity contribution in [1.29, 1.82) is 0 Å². The Morgan fingerprint density at radius 2 is 1.82 bits per heavy atom. The van der Waals surface area contributed by atoms with Crippen molar-refractivity contribution in [1.82, 2.24) is 0 Å². The summed E-state index contributed by atoms with van der Waals surface area (Å²) in [6, 6.07) is 11.2. The van der Waals surface area contributed by atoms with Crippen molar-refractivity contribution in [3.8, 4) is 5.75 Å². The Morgan fingerprint density at radius 3 is 2.57 bits per heavy atom. The van der Waals surface area contributed by atoms with Crippen LogP contribution < -0.4 is 15.0 Å². The third-order valence-electron chi connectivity index (χ3n) is 5.31. The van der Waals surface area contributed by atoms with Crippen LogP contribution in [0.15, 0.2) is 36.4 Å². The molecule has 6 nitrogen and oxygen atoms in total. The van der Waals surface area contributed by atoms with E-state index in [-0.39, 0.29) is 30.6 Å². The Labute approximate surface area is 163 Å². The molecule has 144 valence electrons. The predicted molar refractivity (Wildman–Crippen MR) is 105 cm³/mol. The van der Waals surface area contributed by atoms with Crippen molar-refractivity contribution in [3.05, 3.63) is 53.1 Å². The summed E-state index contributed by atoms with van der Waals surface area (Å²) >= 11 is 0. The van der Waals surface area contributed by atoms with Crippen LogP contribution in [-0.2, 0) is 20.8 Å².